The molecule has 0 unspecified atom stereocenters. The Morgan fingerprint density at radius 1 is 1.12 bits per heavy atom. The molecule has 0 saturated heterocycles. The van der Waals surface area contributed by atoms with E-state index in [1.807, 2.05) is 0 Å². The van der Waals surface area contributed by atoms with Crippen molar-refractivity contribution in [3.8, 4) is 11.6 Å². The normalized spacial score (nSPS) is 11.3. The minimum atomic E-state index is -4.55. The largest absolute Gasteiger partial charge is 0.459 e. The van der Waals surface area contributed by atoms with Crippen molar-refractivity contribution in [2.24, 2.45) is 0 Å². The third kappa shape index (κ3) is 4.78. The van der Waals surface area contributed by atoms with Gasteiger partial charge in [-0.1, -0.05) is 6.07 Å². The van der Waals surface area contributed by atoms with Gasteiger partial charge >= 0.3 is 12.1 Å². The van der Waals surface area contributed by atoms with Gasteiger partial charge in [0.1, 0.15) is 17.0 Å². The Hall–Kier alpha value is -2.97. The topological polar surface area (TPSA) is 78.4 Å². The van der Waals surface area contributed by atoms with Crippen LogP contribution < -0.4 is 4.74 Å². The molecule has 2 aromatic rings. The zero-order valence-corrected chi connectivity index (χ0v) is 14.1. The van der Waals surface area contributed by atoms with Gasteiger partial charge in [-0.05, 0) is 38.1 Å². The number of ketones is 1. The van der Waals surface area contributed by atoms with Crippen molar-refractivity contribution in [3.05, 3.63) is 47.2 Å². The number of hydrogen-bond acceptors (Lipinski definition) is 6. The van der Waals surface area contributed by atoms with E-state index < -0.39 is 29.6 Å². The van der Waals surface area contributed by atoms with E-state index >= 15 is 0 Å². The molecule has 0 atom stereocenters. The number of carbonyl (C=O) groups is 2. The number of alkyl halides is 3. The van der Waals surface area contributed by atoms with Gasteiger partial charge in [-0.25, -0.2) is 4.79 Å². The highest BCUT2D eigenvalue weighted by Gasteiger charge is 2.31. The molecule has 138 valence electrons. The molecule has 6 nitrogen and oxygen atoms in total. The number of halogens is 3. The van der Waals surface area contributed by atoms with Gasteiger partial charge in [-0.2, -0.15) is 13.2 Å². The smallest absolute Gasteiger partial charge is 0.416 e. The lowest BCUT2D eigenvalue weighted by Gasteiger charge is -2.13. The van der Waals surface area contributed by atoms with E-state index in [-0.39, 0.29) is 22.9 Å². The van der Waals surface area contributed by atoms with Crippen LogP contribution in [0.1, 0.15) is 47.2 Å². The molecule has 0 saturated carbocycles. The summed E-state index contributed by atoms with van der Waals surface area (Å²) in [6, 6.07) is 5.20. The molecule has 0 aliphatic carbocycles. The molecule has 0 N–H and O–H groups in total. The second-order valence-corrected chi connectivity index (χ2v) is 5.59. The standard InChI is InChI=1S/C17H15F3N2O4/c1-9(2)25-16(24)13-8-14(10(3)23)21-22-15(13)26-12-6-4-5-11(7-12)17(18,19)20/h4-9H,1-3H3. The Kier molecular flexibility index (Phi) is 5.59. The number of rotatable bonds is 5. The van der Waals surface area contributed by atoms with E-state index in [9.17, 15) is 22.8 Å². The average molecular weight is 368 g/mol. The Morgan fingerprint density at radius 3 is 2.38 bits per heavy atom. The first-order valence-corrected chi connectivity index (χ1v) is 7.52. The molecule has 9 heteroatoms. The van der Waals surface area contributed by atoms with E-state index in [1.165, 1.54) is 13.0 Å². The number of aromatic nitrogens is 2. The highest BCUT2D eigenvalue weighted by atomic mass is 19.4. The molecule has 1 aromatic carbocycles. The zero-order chi connectivity index (χ0) is 19.5. The fourth-order valence-corrected chi connectivity index (χ4v) is 1.90. The van der Waals surface area contributed by atoms with Crippen LogP contribution in [0.3, 0.4) is 0 Å². The molecule has 0 fully saturated rings. The Balaban J connectivity index is 2.42. The number of nitrogens with zero attached hydrogens (tertiary/aromatic N) is 2. The Labute approximate surface area is 146 Å². The van der Waals surface area contributed by atoms with E-state index in [4.69, 9.17) is 9.47 Å². The molecular weight excluding hydrogens is 353 g/mol. The lowest BCUT2D eigenvalue weighted by molar-refractivity contribution is -0.137. The molecule has 0 aliphatic rings. The van der Waals surface area contributed by atoms with Crippen LogP contribution in [-0.2, 0) is 10.9 Å². The van der Waals surface area contributed by atoms with Gasteiger partial charge in [0.15, 0.2) is 5.78 Å². The molecule has 0 amide bonds. The average Bonchev–Trinajstić information content (AvgIpc) is 2.53. The first kappa shape index (κ1) is 19.4. The summed E-state index contributed by atoms with van der Waals surface area (Å²) in [5.41, 5.74) is -1.23. The summed E-state index contributed by atoms with van der Waals surface area (Å²) in [6.45, 7) is 4.46. The minimum absolute atomic E-state index is 0.0999. The first-order chi connectivity index (χ1) is 12.1. The maximum Gasteiger partial charge on any atom is 0.416 e. The Bertz CT molecular complexity index is 835. The molecule has 1 heterocycles. The van der Waals surface area contributed by atoms with E-state index in [0.29, 0.717) is 0 Å². The van der Waals surface area contributed by atoms with Gasteiger partial charge in [-0.3, -0.25) is 4.79 Å². The van der Waals surface area contributed by atoms with Crippen LogP contribution in [0.4, 0.5) is 13.2 Å². The number of hydrogen-bond donors (Lipinski definition) is 0. The third-order valence-corrected chi connectivity index (χ3v) is 3.06. The molecule has 0 spiro atoms. The van der Waals surface area contributed by atoms with Crippen LogP contribution >= 0.6 is 0 Å². The van der Waals surface area contributed by atoms with Gasteiger partial charge in [0, 0.05) is 6.92 Å². The van der Waals surface area contributed by atoms with Crippen molar-refractivity contribution in [1.82, 2.24) is 10.2 Å². The fourth-order valence-electron chi connectivity index (χ4n) is 1.90. The molecule has 0 aliphatic heterocycles. The lowest BCUT2D eigenvalue weighted by atomic mass is 10.2. The number of carbonyl (C=O) groups excluding carboxylic acids is 2. The molecule has 2 rings (SSSR count). The Morgan fingerprint density at radius 2 is 1.81 bits per heavy atom. The van der Waals surface area contributed by atoms with Crippen LogP contribution in [0, 0.1) is 0 Å². The number of ether oxygens (including phenoxy) is 2. The summed E-state index contributed by atoms with van der Waals surface area (Å²) in [5, 5.41) is 7.25. The highest BCUT2D eigenvalue weighted by Crippen LogP contribution is 2.33. The molecular formula is C17H15F3N2O4. The van der Waals surface area contributed by atoms with Crippen LogP contribution in [0.5, 0.6) is 11.6 Å². The van der Waals surface area contributed by atoms with Crippen LogP contribution in [-0.4, -0.2) is 28.1 Å². The monoisotopic (exact) mass is 368 g/mol. The molecule has 0 bridgehead atoms. The SMILES string of the molecule is CC(=O)c1cc(C(=O)OC(C)C)c(Oc2cccc(C(F)(F)F)c2)nn1. The second kappa shape index (κ2) is 7.51. The first-order valence-electron chi connectivity index (χ1n) is 7.52. The summed E-state index contributed by atoms with van der Waals surface area (Å²) in [5.74, 6) is -1.83. The third-order valence-electron chi connectivity index (χ3n) is 3.06. The van der Waals surface area contributed by atoms with Gasteiger partial charge in [0.25, 0.3) is 5.88 Å². The van der Waals surface area contributed by atoms with Crippen LogP contribution in [0.15, 0.2) is 30.3 Å². The van der Waals surface area contributed by atoms with Crippen LogP contribution in [0.25, 0.3) is 0 Å². The number of Topliss-reactive ketones (excluding diaryl/α,β-unsaturated/α-hetero) is 1. The maximum atomic E-state index is 12.8. The minimum Gasteiger partial charge on any atom is -0.459 e. The summed E-state index contributed by atoms with van der Waals surface area (Å²) in [7, 11) is 0. The van der Waals surface area contributed by atoms with Gasteiger partial charge in [0.2, 0.25) is 0 Å². The summed E-state index contributed by atoms with van der Waals surface area (Å²) < 4.78 is 48.8. The van der Waals surface area contributed by atoms with Crippen molar-refractivity contribution in [3.63, 3.8) is 0 Å². The molecule has 0 radical (unpaired) electrons. The van der Waals surface area contributed by atoms with Crippen molar-refractivity contribution in [2.45, 2.75) is 33.1 Å². The van der Waals surface area contributed by atoms with Crippen molar-refractivity contribution in [2.75, 3.05) is 0 Å². The van der Waals surface area contributed by atoms with E-state index in [0.717, 1.165) is 24.3 Å². The lowest BCUT2D eigenvalue weighted by Crippen LogP contribution is -2.15. The van der Waals surface area contributed by atoms with E-state index in [1.54, 1.807) is 13.8 Å². The maximum absolute atomic E-state index is 12.8. The quantitative estimate of drug-likeness (QED) is 0.585. The predicted octanol–water partition coefficient (Wildman–Crippen LogP) is 4.06. The van der Waals surface area contributed by atoms with Gasteiger partial charge in [-0.15, -0.1) is 10.2 Å². The summed E-state index contributed by atoms with van der Waals surface area (Å²) >= 11 is 0. The zero-order valence-electron chi connectivity index (χ0n) is 14.1. The molecule has 26 heavy (non-hydrogen) atoms. The van der Waals surface area contributed by atoms with Crippen molar-refractivity contribution < 1.29 is 32.2 Å². The van der Waals surface area contributed by atoms with E-state index in [2.05, 4.69) is 10.2 Å². The van der Waals surface area contributed by atoms with Gasteiger partial charge in [0.05, 0.1) is 11.7 Å². The van der Waals surface area contributed by atoms with Crippen LogP contribution in [0.2, 0.25) is 0 Å². The summed E-state index contributed by atoms with van der Waals surface area (Å²) in [4.78, 5) is 23.7. The fraction of sp³-hybridized carbons (Fsp3) is 0.294. The summed E-state index contributed by atoms with van der Waals surface area (Å²) in [6.07, 6.45) is -5.01. The van der Waals surface area contributed by atoms with Crippen molar-refractivity contribution >= 4 is 11.8 Å². The highest BCUT2D eigenvalue weighted by molar-refractivity contribution is 5.97. The second-order valence-electron chi connectivity index (χ2n) is 5.59. The predicted molar refractivity (Wildman–Crippen MR) is 84.1 cm³/mol. The number of benzene rings is 1. The van der Waals surface area contributed by atoms with Crippen molar-refractivity contribution in [1.29, 1.82) is 0 Å². The number of esters is 1. The molecule has 1 aromatic heterocycles. The van der Waals surface area contributed by atoms with Gasteiger partial charge < -0.3 is 9.47 Å².